The van der Waals surface area contributed by atoms with Gasteiger partial charge in [0, 0.05) is 5.56 Å². The van der Waals surface area contributed by atoms with E-state index in [0.29, 0.717) is 12.1 Å². The number of amides is 1. The SMILES string of the molecule is O=C(c1ccccc1)N1C2C=CCCC21. The number of benzene rings is 1. The van der Waals surface area contributed by atoms with E-state index in [4.69, 9.17) is 0 Å². The molecule has 0 N–H and O–H groups in total. The van der Waals surface area contributed by atoms with Crippen molar-refractivity contribution in [2.75, 3.05) is 0 Å². The van der Waals surface area contributed by atoms with Crippen molar-refractivity contribution < 1.29 is 4.79 Å². The Kier molecular flexibility index (Phi) is 1.88. The number of rotatable bonds is 1. The van der Waals surface area contributed by atoms with Crippen LogP contribution in [-0.2, 0) is 0 Å². The van der Waals surface area contributed by atoms with Gasteiger partial charge >= 0.3 is 0 Å². The van der Waals surface area contributed by atoms with Crippen LogP contribution in [0.5, 0.6) is 0 Å². The van der Waals surface area contributed by atoms with Gasteiger partial charge in [0.25, 0.3) is 5.91 Å². The van der Waals surface area contributed by atoms with Gasteiger partial charge in [-0.3, -0.25) is 4.79 Å². The van der Waals surface area contributed by atoms with Gasteiger partial charge in [0.1, 0.15) is 0 Å². The molecule has 2 nitrogen and oxygen atoms in total. The normalized spacial score (nSPS) is 27.3. The largest absolute Gasteiger partial charge is 0.325 e. The van der Waals surface area contributed by atoms with E-state index in [2.05, 4.69) is 12.2 Å². The van der Waals surface area contributed by atoms with E-state index in [9.17, 15) is 4.79 Å². The fourth-order valence-electron chi connectivity index (χ4n) is 2.35. The third-order valence-electron chi connectivity index (χ3n) is 3.20. The monoisotopic (exact) mass is 199 g/mol. The standard InChI is InChI=1S/C13H13NO/c15-13(10-6-2-1-3-7-10)14-11-8-4-5-9-12(11)14/h1-4,6-8,11-12H,5,9H2. The van der Waals surface area contributed by atoms with Crippen LogP contribution in [0, 0.1) is 0 Å². The van der Waals surface area contributed by atoms with Gasteiger partial charge < -0.3 is 4.90 Å². The lowest BCUT2D eigenvalue weighted by Crippen LogP contribution is -2.14. The van der Waals surface area contributed by atoms with E-state index in [1.807, 2.05) is 35.2 Å². The maximum atomic E-state index is 12.1. The average Bonchev–Trinajstić information content (AvgIpc) is 3.03. The van der Waals surface area contributed by atoms with Crippen molar-refractivity contribution in [3.63, 3.8) is 0 Å². The van der Waals surface area contributed by atoms with Gasteiger partial charge in [0.2, 0.25) is 0 Å². The summed E-state index contributed by atoms with van der Waals surface area (Å²) in [6.45, 7) is 0. The summed E-state index contributed by atoms with van der Waals surface area (Å²) in [5.74, 6) is 0.178. The number of hydrogen-bond donors (Lipinski definition) is 0. The second-order valence-electron chi connectivity index (χ2n) is 4.14. The second-order valence-corrected chi connectivity index (χ2v) is 4.14. The van der Waals surface area contributed by atoms with Crippen LogP contribution in [0.25, 0.3) is 0 Å². The van der Waals surface area contributed by atoms with E-state index in [0.717, 1.165) is 18.4 Å². The Morgan fingerprint density at radius 1 is 1.27 bits per heavy atom. The third-order valence-corrected chi connectivity index (χ3v) is 3.20. The van der Waals surface area contributed by atoms with Crippen LogP contribution >= 0.6 is 0 Å². The van der Waals surface area contributed by atoms with Gasteiger partial charge in [-0.25, -0.2) is 0 Å². The molecule has 2 aliphatic rings. The van der Waals surface area contributed by atoms with E-state index in [-0.39, 0.29) is 5.91 Å². The fraction of sp³-hybridized carbons (Fsp3) is 0.308. The van der Waals surface area contributed by atoms with Crippen LogP contribution in [0.2, 0.25) is 0 Å². The zero-order valence-corrected chi connectivity index (χ0v) is 8.47. The van der Waals surface area contributed by atoms with E-state index in [1.54, 1.807) is 0 Å². The molecule has 1 saturated heterocycles. The number of carbonyl (C=O) groups is 1. The molecule has 0 spiro atoms. The maximum absolute atomic E-state index is 12.1. The Morgan fingerprint density at radius 2 is 2.07 bits per heavy atom. The Bertz CT molecular complexity index is 410. The molecule has 76 valence electrons. The number of fused-ring (bicyclic) bond motifs is 1. The van der Waals surface area contributed by atoms with Crippen molar-refractivity contribution in [3.05, 3.63) is 48.0 Å². The van der Waals surface area contributed by atoms with Crippen molar-refractivity contribution in [3.8, 4) is 0 Å². The lowest BCUT2D eigenvalue weighted by Gasteiger charge is -2.02. The first-order valence-electron chi connectivity index (χ1n) is 5.42. The molecule has 0 bridgehead atoms. The predicted octanol–water partition coefficient (Wildman–Crippen LogP) is 2.23. The zero-order chi connectivity index (χ0) is 10.3. The molecule has 1 aliphatic carbocycles. The Labute approximate surface area is 89.2 Å². The predicted molar refractivity (Wildman–Crippen MR) is 58.6 cm³/mol. The van der Waals surface area contributed by atoms with Crippen molar-refractivity contribution in [1.82, 2.24) is 4.90 Å². The van der Waals surface area contributed by atoms with E-state index in [1.165, 1.54) is 0 Å². The van der Waals surface area contributed by atoms with Crippen molar-refractivity contribution in [2.24, 2.45) is 0 Å². The molecule has 1 amide bonds. The molecule has 2 unspecified atom stereocenters. The van der Waals surface area contributed by atoms with E-state index >= 15 is 0 Å². The molecular weight excluding hydrogens is 186 g/mol. The summed E-state index contributed by atoms with van der Waals surface area (Å²) < 4.78 is 0. The van der Waals surface area contributed by atoms with Gasteiger partial charge in [0.15, 0.2) is 0 Å². The Balaban J connectivity index is 1.80. The summed E-state index contributed by atoms with van der Waals surface area (Å²) in [6, 6.07) is 10.4. The molecule has 0 aromatic heterocycles. The summed E-state index contributed by atoms with van der Waals surface area (Å²) >= 11 is 0. The quantitative estimate of drug-likeness (QED) is 0.501. The summed E-state index contributed by atoms with van der Waals surface area (Å²) in [4.78, 5) is 14.1. The zero-order valence-electron chi connectivity index (χ0n) is 8.47. The molecule has 1 aliphatic heterocycles. The smallest absolute Gasteiger partial charge is 0.254 e. The highest BCUT2D eigenvalue weighted by Gasteiger charge is 2.49. The molecule has 1 aromatic rings. The van der Waals surface area contributed by atoms with Gasteiger partial charge in [-0.1, -0.05) is 30.4 Å². The van der Waals surface area contributed by atoms with Crippen LogP contribution in [0.4, 0.5) is 0 Å². The summed E-state index contributed by atoms with van der Waals surface area (Å²) in [5, 5.41) is 0. The Morgan fingerprint density at radius 3 is 2.73 bits per heavy atom. The minimum Gasteiger partial charge on any atom is -0.325 e. The highest BCUT2D eigenvalue weighted by molar-refractivity contribution is 5.96. The molecule has 15 heavy (non-hydrogen) atoms. The topological polar surface area (TPSA) is 20.1 Å². The first-order valence-corrected chi connectivity index (χ1v) is 5.42. The van der Waals surface area contributed by atoms with Crippen molar-refractivity contribution in [1.29, 1.82) is 0 Å². The lowest BCUT2D eigenvalue weighted by atomic mass is 10.1. The first-order chi connectivity index (χ1) is 7.38. The van der Waals surface area contributed by atoms with Crippen molar-refractivity contribution in [2.45, 2.75) is 24.9 Å². The number of allylic oxidation sites excluding steroid dienone is 1. The number of carbonyl (C=O) groups excluding carboxylic acids is 1. The van der Waals surface area contributed by atoms with Gasteiger partial charge in [-0.2, -0.15) is 0 Å². The van der Waals surface area contributed by atoms with Crippen LogP contribution in [-0.4, -0.2) is 22.9 Å². The average molecular weight is 199 g/mol. The lowest BCUT2D eigenvalue weighted by molar-refractivity contribution is 0.0868. The molecular formula is C13H13NO. The van der Waals surface area contributed by atoms with E-state index < -0.39 is 0 Å². The van der Waals surface area contributed by atoms with Crippen LogP contribution in [0.1, 0.15) is 23.2 Å². The first kappa shape index (κ1) is 8.72. The molecule has 0 radical (unpaired) electrons. The van der Waals surface area contributed by atoms with Gasteiger partial charge in [-0.05, 0) is 25.0 Å². The van der Waals surface area contributed by atoms with Crippen LogP contribution < -0.4 is 0 Å². The summed E-state index contributed by atoms with van der Waals surface area (Å²) in [5.41, 5.74) is 0.806. The van der Waals surface area contributed by atoms with Crippen LogP contribution in [0.3, 0.4) is 0 Å². The fourth-order valence-corrected chi connectivity index (χ4v) is 2.35. The van der Waals surface area contributed by atoms with Gasteiger partial charge in [-0.15, -0.1) is 0 Å². The molecule has 1 heterocycles. The molecule has 1 fully saturated rings. The highest BCUT2D eigenvalue weighted by atomic mass is 16.2. The van der Waals surface area contributed by atoms with Gasteiger partial charge in [0.05, 0.1) is 12.1 Å². The maximum Gasteiger partial charge on any atom is 0.254 e. The number of hydrogen-bond acceptors (Lipinski definition) is 1. The Hall–Kier alpha value is -1.57. The van der Waals surface area contributed by atoms with Crippen LogP contribution in [0.15, 0.2) is 42.5 Å². The molecule has 3 rings (SSSR count). The minimum atomic E-state index is 0.178. The number of nitrogens with zero attached hydrogens (tertiary/aromatic N) is 1. The molecule has 2 atom stereocenters. The summed E-state index contributed by atoms with van der Waals surface area (Å²) in [6.07, 6.45) is 6.58. The molecule has 2 heteroatoms. The third kappa shape index (κ3) is 1.37. The summed E-state index contributed by atoms with van der Waals surface area (Å²) in [7, 11) is 0. The van der Waals surface area contributed by atoms with Crippen molar-refractivity contribution >= 4 is 5.91 Å². The molecule has 1 aromatic carbocycles. The molecule has 0 saturated carbocycles. The highest BCUT2D eigenvalue weighted by Crippen LogP contribution is 2.37. The second kappa shape index (κ2) is 3.23. The minimum absolute atomic E-state index is 0.178.